The van der Waals surface area contributed by atoms with E-state index in [-0.39, 0.29) is 11.8 Å². The topological polar surface area (TPSA) is 89.3 Å². The standard InChI is InChI=1S/C10H17NO2.C2H6.CH5N/c1-4-5-8(11)6-10(2,3)7-9(12)13;2*1-2/h4-5H,1,6-7,11H2,2-3H3,(H,12,13);1-2H3;2H2,1H3/b8-5-;;. The molecule has 0 aliphatic carbocycles. The second-order valence-electron chi connectivity index (χ2n) is 3.89. The lowest BCUT2D eigenvalue weighted by Crippen LogP contribution is -2.19. The first-order valence-corrected chi connectivity index (χ1v) is 5.74. The van der Waals surface area contributed by atoms with Gasteiger partial charge in [-0.3, -0.25) is 4.79 Å². The highest BCUT2D eigenvalue weighted by atomic mass is 16.4. The van der Waals surface area contributed by atoms with Gasteiger partial charge < -0.3 is 16.6 Å². The number of aliphatic carboxylic acids is 1. The van der Waals surface area contributed by atoms with E-state index < -0.39 is 5.97 Å². The molecule has 0 unspecified atom stereocenters. The predicted molar refractivity (Wildman–Crippen MR) is 74.6 cm³/mol. The lowest BCUT2D eigenvalue weighted by Gasteiger charge is -2.22. The molecule has 0 heterocycles. The van der Waals surface area contributed by atoms with E-state index in [1.807, 2.05) is 27.7 Å². The molecule has 5 N–H and O–H groups in total. The first-order chi connectivity index (χ1) is 7.87. The number of hydrogen-bond donors (Lipinski definition) is 3. The van der Waals surface area contributed by atoms with E-state index in [9.17, 15) is 4.79 Å². The molecule has 0 fully saturated rings. The Balaban J connectivity index is -0.000000439. The van der Waals surface area contributed by atoms with Gasteiger partial charge in [-0.05, 0) is 25.0 Å². The lowest BCUT2D eigenvalue weighted by molar-refractivity contribution is -0.139. The van der Waals surface area contributed by atoms with Gasteiger partial charge in [0.15, 0.2) is 0 Å². The maximum atomic E-state index is 10.5. The fourth-order valence-corrected chi connectivity index (χ4v) is 1.23. The minimum Gasteiger partial charge on any atom is -0.481 e. The van der Waals surface area contributed by atoms with Crippen LogP contribution in [0.4, 0.5) is 0 Å². The molecular formula is C13H28N2O2. The molecule has 0 amide bonds. The number of carbonyl (C=O) groups is 1. The van der Waals surface area contributed by atoms with E-state index in [0.29, 0.717) is 12.1 Å². The van der Waals surface area contributed by atoms with E-state index >= 15 is 0 Å². The fraction of sp³-hybridized carbons (Fsp3) is 0.615. The quantitative estimate of drug-likeness (QED) is 0.648. The van der Waals surface area contributed by atoms with E-state index in [4.69, 9.17) is 10.8 Å². The maximum absolute atomic E-state index is 10.5. The Labute approximate surface area is 105 Å². The van der Waals surface area contributed by atoms with Crippen molar-refractivity contribution in [3.63, 3.8) is 0 Å². The Morgan fingerprint density at radius 2 is 1.71 bits per heavy atom. The molecule has 0 saturated heterocycles. The van der Waals surface area contributed by atoms with Crippen LogP contribution >= 0.6 is 0 Å². The highest BCUT2D eigenvalue weighted by molar-refractivity contribution is 5.67. The van der Waals surface area contributed by atoms with Gasteiger partial charge in [0.1, 0.15) is 0 Å². The van der Waals surface area contributed by atoms with Crippen LogP contribution in [0.15, 0.2) is 24.4 Å². The van der Waals surface area contributed by atoms with Gasteiger partial charge >= 0.3 is 5.97 Å². The van der Waals surface area contributed by atoms with Gasteiger partial charge in [-0.2, -0.15) is 0 Å². The molecule has 0 aromatic rings. The average Bonchev–Trinajstić information content (AvgIpc) is 2.21. The molecule has 102 valence electrons. The number of allylic oxidation sites excluding steroid dienone is 3. The number of carboxylic acid groups (broad SMARTS) is 1. The summed E-state index contributed by atoms with van der Waals surface area (Å²) in [5.74, 6) is -0.795. The van der Waals surface area contributed by atoms with Gasteiger partial charge in [0.2, 0.25) is 0 Å². The fourth-order valence-electron chi connectivity index (χ4n) is 1.23. The summed E-state index contributed by atoms with van der Waals surface area (Å²) >= 11 is 0. The molecule has 17 heavy (non-hydrogen) atoms. The molecule has 0 aromatic carbocycles. The normalized spacial score (nSPS) is 10.4. The second kappa shape index (κ2) is 12.8. The number of carboxylic acids is 1. The van der Waals surface area contributed by atoms with E-state index in [1.165, 1.54) is 7.05 Å². The monoisotopic (exact) mass is 244 g/mol. The molecule has 0 bridgehead atoms. The van der Waals surface area contributed by atoms with Crippen LogP contribution in [0.25, 0.3) is 0 Å². The zero-order chi connectivity index (χ0) is 14.5. The molecule has 0 saturated carbocycles. The summed E-state index contributed by atoms with van der Waals surface area (Å²) in [5.41, 5.74) is 10.5. The summed E-state index contributed by atoms with van der Waals surface area (Å²) in [7, 11) is 1.50. The first kappa shape index (κ1) is 21.0. The summed E-state index contributed by atoms with van der Waals surface area (Å²) in [6.07, 6.45) is 4.00. The van der Waals surface area contributed by atoms with Crippen LogP contribution in [0.2, 0.25) is 0 Å². The van der Waals surface area contributed by atoms with E-state index in [2.05, 4.69) is 12.3 Å². The summed E-state index contributed by atoms with van der Waals surface area (Å²) in [6.45, 7) is 11.3. The Kier molecular flexibility index (Phi) is 15.8. The Morgan fingerprint density at radius 1 is 1.29 bits per heavy atom. The lowest BCUT2D eigenvalue weighted by atomic mass is 9.84. The van der Waals surface area contributed by atoms with Crippen LogP contribution in [0.1, 0.15) is 40.5 Å². The van der Waals surface area contributed by atoms with Crippen molar-refractivity contribution in [1.82, 2.24) is 0 Å². The van der Waals surface area contributed by atoms with E-state index in [1.54, 1.807) is 12.2 Å². The van der Waals surface area contributed by atoms with Gasteiger partial charge in [0.05, 0.1) is 6.42 Å². The van der Waals surface area contributed by atoms with Crippen molar-refractivity contribution in [1.29, 1.82) is 0 Å². The molecule has 4 heteroatoms. The van der Waals surface area contributed by atoms with Crippen LogP contribution in [-0.2, 0) is 4.79 Å². The Morgan fingerprint density at radius 3 is 2.00 bits per heavy atom. The average molecular weight is 244 g/mol. The Bertz CT molecular complexity index is 234. The third kappa shape index (κ3) is 17.3. The van der Waals surface area contributed by atoms with Crippen molar-refractivity contribution in [3.8, 4) is 0 Å². The number of nitrogens with two attached hydrogens (primary N) is 2. The first-order valence-electron chi connectivity index (χ1n) is 5.74. The summed E-state index contributed by atoms with van der Waals surface area (Å²) < 4.78 is 0. The third-order valence-corrected chi connectivity index (χ3v) is 1.64. The molecule has 0 spiro atoms. The smallest absolute Gasteiger partial charge is 0.303 e. The molecule has 0 rings (SSSR count). The van der Waals surface area contributed by atoms with Crippen molar-refractivity contribution in [2.45, 2.75) is 40.5 Å². The molecule has 0 aliphatic rings. The summed E-state index contributed by atoms with van der Waals surface area (Å²) in [5, 5.41) is 8.61. The van der Waals surface area contributed by atoms with Crippen molar-refractivity contribution >= 4 is 5.97 Å². The molecule has 0 aliphatic heterocycles. The highest BCUT2D eigenvalue weighted by Crippen LogP contribution is 2.27. The molecule has 0 radical (unpaired) electrons. The summed E-state index contributed by atoms with van der Waals surface area (Å²) in [6, 6.07) is 0. The van der Waals surface area contributed by atoms with Crippen LogP contribution < -0.4 is 11.5 Å². The van der Waals surface area contributed by atoms with Gasteiger partial charge in [0.25, 0.3) is 0 Å². The van der Waals surface area contributed by atoms with E-state index in [0.717, 1.165) is 0 Å². The van der Waals surface area contributed by atoms with Gasteiger partial charge in [-0.1, -0.05) is 40.3 Å². The van der Waals surface area contributed by atoms with Crippen LogP contribution in [0.3, 0.4) is 0 Å². The predicted octanol–water partition coefficient (Wildman–Crippen LogP) is 2.51. The minimum atomic E-state index is -0.795. The van der Waals surface area contributed by atoms with Crippen LogP contribution in [0.5, 0.6) is 0 Å². The zero-order valence-electron chi connectivity index (χ0n) is 11.8. The maximum Gasteiger partial charge on any atom is 0.303 e. The molecule has 0 atom stereocenters. The van der Waals surface area contributed by atoms with Crippen molar-refractivity contribution in [2.24, 2.45) is 16.9 Å². The second-order valence-corrected chi connectivity index (χ2v) is 3.89. The largest absolute Gasteiger partial charge is 0.481 e. The molecule has 4 nitrogen and oxygen atoms in total. The van der Waals surface area contributed by atoms with Gasteiger partial charge in [-0.25, -0.2) is 0 Å². The van der Waals surface area contributed by atoms with Crippen molar-refractivity contribution in [3.05, 3.63) is 24.4 Å². The third-order valence-electron chi connectivity index (χ3n) is 1.64. The minimum absolute atomic E-state index is 0.124. The van der Waals surface area contributed by atoms with Crippen molar-refractivity contribution < 1.29 is 9.90 Å². The Hall–Kier alpha value is -1.29. The van der Waals surface area contributed by atoms with Crippen LogP contribution in [0, 0.1) is 5.41 Å². The van der Waals surface area contributed by atoms with Crippen molar-refractivity contribution in [2.75, 3.05) is 7.05 Å². The highest BCUT2D eigenvalue weighted by Gasteiger charge is 2.22. The number of hydrogen-bond acceptors (Lipinski definition) is 3. The van der Waals surface area contributed by atoms with Gasteiger partial charge in [0, 0.05) is 5.70 Å². The summed E-state index contributed by atoms with van der Waals surface area (Å²) in [4.78, 5) is 10.5. The SMILES string of the molecule is C=C/C=C(\N)CC(C)(C)CC(=O)O.CC.CN. The number of rotatable bonds is 5. The van der Waals surface area contributed by atoms with Crippen LogP contribution in [-0.4, -0.2) is 18.1 Å². The zero-order valence-corrected chi connectivity index (χ0v) is 11.8. The molecule has 0 aromatic heterocycles. The van der Waals surface area contributed by atoms with Gasteiger partial charge in [-0.15, -0.1) is 0 Å². The molecular weight excluding hydrogens is 216 g/mol.